The molecule has 4 nitrogen and oxygen atoms in total. The van der Waals surface area contributed by atoms with E-state index in [0.717, 1.165) is 5.69 Å². The molecule has 0 fully saturated rings. The molecule has 0 atom stereocenters. The second-order valence-electron chi connectivity index (χ2n) is 4.45. The van der Waals surface area contributed by atoms with Crippen LogP contribution in [0.25, 0.3) is 0 Å². The Labute approximate surface area is 141 Å². The Kier molecular flexibility index (Phi) is 6.61. The lowest BCUT2D eigenvalue weighted by Crippen LogP contribution is -2.30. The molecular formula is C15H14ClF2N3OS. The van der Waals surface area contributed by atoms with E-state index in [2.05, 4.69) is 15.6 Å². The van der Waals surface area contributed by atoms with Gasteiger partial charge in [0.05, 0.1) is 15.6 Å². The van der Waals surface area contributed by atoms with Crippen molar-refractivity contribution in [3.63, 3.8) is 0 Å². The third-order valence-electron chi connectivity index (χ3n) is 2.81. The van der Waals surface area contributed by atoms with Crippen LogP contribution < -0.4 is 10.6 Å². The molecule has 0 unspecified atom stereocenters. The summed E-state index contributed by atoms with van der Waals surface area (Å²) in [7, 11) is 0. The molecule has 0 spiro atoms. The number of alkyl halides is 2. The Hall–Kier alpha value is -1.86. The minimum atomic E-state index is -2.62. The molecule has 8 heteroatoms. The maximum atomic E-state index is 12.6. The molecule has 1 aromatic heterocycles. The van der Waals surface area contributed by atoms with Gasteiger partial charge in [0.25, 0.3) is 5.76 Å². The minimum absolute atomic E-state index is 0.143. The number of aromatic nitrogens is 1. The number of halogens is 3. The van der Waals surface area contributed by atoms with Crippen LogP contribution in [0.4, 0.5) is 19.3 Å². The Morgan fingerprint density at radius 2 is 2.09 bits per heavy atom. The molecule has 0 bridgehead atoms. The summed E-state index contributed by atoms with van der Waals surface area (Å²) in [4.78, 5) is 16.2. The highest BCUT2D eigenvalue weighted by Crippen LogP contribution is 2.37. The number of amides is 2. The molecule has 1 aromatic carbocycles. The fourth-order valence-corrected chi connectivity index (χ4v) is 2.75. The number of hydrogen-bond donors (Lipinski definition) is 2. The van der Waals surface area contributed by atoms with E-state index in [4.69, 9.17) is 11.6 Å². The summed E-state index contributed by atoms with van der Waals surface area (Å²) in [6.07, 6.45) is 2.25. The van der Waals surface area contributed by atoms with Gasteiger partial charge in [0.1, 0.15) is 0 Å². The first kappa shape index (κ1) is 17.5. The Morgan fingerprint density at radius 3 is 2.78 bits per heavy atom. The quantitative estimate of drug-likeness (QED) is 0.753. The smallest absolute Gasteiger partial charge is 0.319 e. The molecule has 0 saturated heterocycles. The zero-order valence-corrected chi connectivity index (χ0v) is 13.5. The van der Waals surface area contributed by atoms with Crippen LogP contribution in [0.15, 0.2) is 47.5 Å². The number of hydrogen-bond acceptors (Lipinski definition) is 3. The van der Waals surface area contributed by atoms with E-state index < -0.39 is 11.8 Å². The maximum absolute atomic E-state index is 12.6. The second-order valence-corrected chi connectivity index (χ2v) is 5.85. The van der Waals surface area contributed by atoms with Crippen LogP contribution in [-0.4, -0.2) is 23.3 Å². The molecule has 122 valence electrons. The Morgan fingerprint density at radius 1 is 1.26 bits per heavy atom. The number of benzene rings is 1. The van der Waals surface area contributed by atoms with E-state index in [1.165, 1.54) is 12.1 Å². The summed E-state index contributed by atoms with van der Waals surface area (Å²) in [6, 6.07) is 9.65. The normalized spacial score (nSPS) is 10.6. The van der Waals surface area contributed by atoms with Gasteiger partial charge in [-0.2, -0.15) is 8.78 Å². The zero-order chi connectivity index (χ0) is 16.7. The Bertz CT molecular complexity index is 658. The molecule has 0 aliphatic heterocycles. The first-order chi connectivity index (χ1) is 11.1. The minimum Gasteiger partial charge on any atom is -0.337 e. The number of urea groups is 1. The average Bonchev–Trinajstić information content (AvgIpc) is 2.51. The van der Waals surface area contributed by atoms with E-state index >= 15 is 0 Å². The van der Waals surface area contributed by atoms with Gasteiger partial charge in [0.15, 0.2) is 0 Å². The molecule has 0 saturated carbocycles. The van der Waals surface area contributed by atoms with Gasteiger partial charge in [-0.05, 0) is 24.3 Å². The molecule has 2 rings (SSSR count). The number of carbonyl (C=O) groups is 1. The zero-order valence-electron chi connectivity index (χ0n) is 11.9. The van der Waals surface area contributed by atoms with Crippen LogP contribution in [0.1, 0.15) is 5.69 Å². The predicted molar refractivity (Wildman–Crippen MR) is 88.3 cm³/mol. The highest BCUT2D eigenvalue weighted by molar-refractivity contribution is 7.99. The van der Waals surface area contributed by atoms with Crippen molar-refractivity contribution in [2.75, 3.05) is 11.9 Å². The molecule has 2 N–H and O–H groups in total. The van der Waals surface area contributed by atoms with E-state index in [1.807, 2.05) is 18.2 Å². The lowest BCUT2D eigenvalue weighted by atomic mass is 10.3. The van der Waals surface area contributed by atoms with Crippen molar-refractivity contribution in [1.29, 1.82) is 0 Å². The first-order valence-corrected chi connectivity index (χ1v) is 8.00. The largest absolute Gasteiger partial charge is 0.337 e. The Balaban J connectivity index is 1.91. The van der Waals surface area contributed by atoms with Crippen LogP contribution in [-0.2, 0) is 6.42 Å². The lowest BCUT2D eigenvalue weighted by molar-refractivity contribution is 0.251. The van der Waals surface area contributed by atoms with E-state index in [9.17, 15) is 13.6 Å². The van der Waals surface area contributed by atoms with Gasteiger partial charge in [-0.3, -0.25) is 4.98 Å². The highest BCUT2D eigenvalue weighted by Gasteiger charge is 2.15. The topological polar surface area (TPSA) is 54.0 Å². The fraction of sp³-hybridized carbons (Fsp3) is 0.200. The maximum Gasteiger partial charge on any atom is 0.319 e. The standard InChI is InChI=1S/C15H14ClF2N3OS/c16-11-5-3-6-12(13(11)23-14(17)18)21-15(22)20-9-7-10-4-1-2-8-19-10/h1-6,8,14H,7,9H2,(H2,20,21,22). The van der Waals surface area contributed by atoms with Crippen LogP contribution >= 0.6 is 23.4 Å². The molecule has 23 heavy (non-hydrogen) atoms. The second kappa shape index (κ2) is 8.69. The van der Waals surface area contributed by atoms with Crippen molar-refractivity contribution in [1.82, 2.24) is 10.3 Å². The summed E-state index contributed by atoms with van der Waals surface area (Å²) >= 11 is 6.20. The number of carbonyl (C=O) groups excluding carboxylic acids is 1. The number of rotatable bonds is 6. The van der Waals surface area contributed by atoms with Crippen molar-refractivity contribution in [3.8, 4) is 0 Å². The third-order valence-corrected chi connectivity index (χ3v) is 4.10. The van der Waals surface area contributed by atoms with Crippen molar-refractivity contribution in [2.45, 2.75) is 17.1 Å². The summed E-state index contributed by atoms with van der Waals surface area (Å²) < 4.78 is 25.2. The first-order valence-electron chi connectivity index (χ1n) is 6.74. The number of nitrogens with zero attached hydrogens (tertiary/aromatic N) is 1. The molecule has 0 radical (unpaired) electrons. The van der Waals surface area contributed by atoms with Gasteiger partial charge in [0.2, 0.25) is 0 Å². The lowest BCUT2D eigenvalue weighted by Gasteiger charge is -2.12. The summed E-state index contributed by atoms with van der Waals surface area (Å²) in [6.45, 7) is 0.376. The number of anilines is 1. The van der Waals surface area contributed by atoms with Crippen LogP contribution in [0.3, 0.4) is 0 Å². The van der Waals surface area contributed by atoms with Crippen molar-refractivity contribution in [3.05, 3.63) is 53.3 Å². The van der Waals surface area contributed by atoms with Gasteiger partial charge in [0, 0.05) is 24.9 Å². The third kappa shape index (κ3) is 5.69. The van der Waals surface area contributed by atoms with Crippen LogP contribution in [0.5, 0.6) is 0 Å². The molecule has 2 amide bonds. The number of pyridine rings is 1. The molecule has 2 aromatic rings. The molecule has 0 aliphatic carbocycles. The monoisotopic (exact) mass is 357 g/mol. The van der Waals surface area contributed by atoms with E-state index in [1.54, 1.807) is 12.3 Å². The SMILES string of the molecule is O=C(NCCc1ccccn1)Nc1cccc(Cl)c1SC(F)F. The summed E-state index contributed by atoms with van der Waals surface area (Å²) in [5.74, 6) is -2.62. The van der Waals surface area contributed by atoms with E-state index in [0.29, 0.717) is 24.7 Å². The van der Waals surface area contributed by atoms with Crippen molar-refractivity contribution in [2.24, 2.45) is 0 Å². The molecule has 1 heterocycles. The highest BCUT2D eigenvalue weighted by atomic mass is 35.5. The summed E-state index contributed by atoms with van der Waals surface area (Å²) in [5, 5.41) is 5.35. The van der Waals surface area contributed by atoms with Gasteiger partial charge in [-0.25, -0.2) is 4.79 Å². The van der Waals surface area contributed by atoms with Crippen LogP contribution in [0.2, 0.25) is 5.02 Å². The van der Waals surface area contributed by atoms with Crippen LogP contribution in [0, 0.1) is 0 Å². The average molecular weight is 358 g/mol. The molecule has 0 aliphatic rings. The van der Waals surface area contributed by atoms with E-state index in [-0.39, 0.29) is 15.6 Å². The summed E-state index contributed by atoms with van der Waals surface area (Å²) in [5.41, 5.74) is 1.10. The van der Waals surface area contributed by atoms with Crippen molar-refractivity contribution < 1.29 is 13.6 Å². The van der Waals surface area contributed by atoms with Gasteiger partial charge in [-0.1, -0.05) is 35.5 Å². The predicted octanol–water partition coefficient (Wildman–Crippen LogP) is 4.41. The van der Waals surface area contributed by atoms with Crippen molar-refractivity contribution >= 4 is 35.1 Å². The fourth-order valence-electron chi connectivity index (χ4n) is 1.83. The van der Waals surface area contributed by atoms with Gasteiger partial charge >= 0.3 is 6.03 Å². The molecular weight excluding hydrogens is 344 g/mol. The number of thioether (sulfide) groups is 1. The number of nitrogens with one attached hydrogen (secondary N) is 2. The van der Waals surface area contributed by atoms with Gasteiger partial charge in [-0.15, -0.1) is 0 Å². The van der Waals surface area contributed by atoms with Gasteiger partial charge < -0.3 is 10.6 Å².